The molecule has 2 aromatic rings. The number of nitrogens with zero attached hydrogens (tertiary/aromatic N) is 3. The summed E-state index contributed by atoms with van der Waals surface area (Å²) in [7, 11) is 1.72. The summed E-state index contributed by atoms with van der Waals surface area (Å²) in [6.07, 6.45) is 3.64. The van der Waals surface area contributed by atoms with Crippen molar-refractivity contribution in [1.82, 2.24) is 19.4 Å². The van der Waals surface area contributed by atoms with Gasteiger partial charge in [-0.3, -0.25) is 28.9 Å². The average molecular weight is 430 g/mol. The van der Waals surface area contributed by atoms with Crippen molar-refractivity contribution in [2.24, 2.45) is 12.8 Å². The highest BCUT2D eigenvalue weighted by molar-refractivity contribution is 6.00. The Labute approximate surface area is 181 Å². The van der Waals surface area contributed by atoms with Crippen molar-refractivity contribution >= 4 is 22.8 Å². The molecule has 4 rings (SSSR count). The zero-order chi connectivity index (χ0) is 22.0. The van der Waals surface area contributed by atoms with Crippen molar-refractivity contribution in [2.45, 2.75) is 44.2 Å². The van der Waals surface area contributed by atoms with Gasteiger partial charge >= 0.3 is 5.69 Å². The first-order valence-corrected chi connectivity index (χ1v) is 11.1. The van der Waals surface area contributed by atoms with E-state index < -0.39 is 11.9 Å². The third-order valence-corrected chi connectivity index (χ3v) is 6.33. The SMILES string of the molecule is Cn1c(=O)n(C2CCC(=O)NC2=O)c2ccc(CCCN3CCO[C@H](CCN)C3)cc21. The Morgan fingerprint density at radius 2 is 2.06 bits per heavy atom. The molecule has 1 aromatic carbocycles. The molecule has 1 unspecified atom stereocenters. The van der Waals surface area contributed by atoms with Crippen LogP contribution in [-0.4, -0.2) is 64.7 Å². The summed E-state index contributed by atoms with van der Waals surface area (Å²) in [5, 5.41) is 2.34. The van der Waals surface area contributed by atoms with E-state index in [9.17, 15) is 14.4 Å². The highest BCUT2D eigenvalue weighted by Crippen LogP contribution is 2.24. The van der Waals surface area contributed by atoms with E-state index in [0.717, 1.165) is 62.1 Å². The Morgan fingerprint density at radius 1 is 1.23 bits per heavy atom. The summed E-state index contributed by atoms with van der Waals surface area (Å²) in [6, 6.07) is 5.33. The predicted octanol–water partition coefficient (Wildman–Crippen LogP) is 0.300. The number of benzene rings is 1. The molecular formula is C22H31N5O4. The molecule has 0 spiro atoms. The first kappa shape index (κ1) is 21.7. The van der Waals surface area contributed by atoms with Gasteiger partial charge in [0.05, 0.1) is 23.7 Å². The molecule has 0 bridgehead atoms. The zero-order valence-electron chi connectivity index (χ0n) is 18.0. The van der Waals surface area contributed by atoms with E-state index >= 15 is 0 Å². The normalized spacial score (nSPS) is 22.8. The van der Waals surface area contributed by atoms with Gasteiger partial charge in [0.2, 0.25) is 11.8 Å². The number of carbonyl (C=O) groups is 2. The van der Waals surface area contributed by atoms with Gasteiger partial charge < -0.3 is 10.5 Å². The van der Waals surface area contributed by atoms with Gasteiger partial charge in [-0.2, -0.15) is 0 Å². The molecular weight excluding hydrogens is 398 g/mol. The Morgan fingerprint density at radius 3 is 2.84 bits per heavy atom. The van der Waals surface area contributed by atoms with Gasteiger partial charge in [0.15, 0.2) is 0 Å². The Hall–Kier alpha value is -2.49. The second kappa shape index (κ2) is 9.33. The summed E-state index contributed by atoms with van der Waals surface area (Å²) in [5.41, 5.74) is 8.11. The van der Waals surface area contributed by atoms with Crippen LogP contribution in [0.5, 0.6) is 0 Å². The van der Waals surface area contributed by atoms with E-state index in [4.69, 9.17) is 10.5 Å². The highest BCUT2D eigenvalue weighted by atomic mass is 16.5. The molecule has 3 N–H and O–H groups in total. The van der Waals surface area contributed by atoms with E-state index in [1.807, 2.05) is 18.2 Å². The van der Waals surface area contributed by atoms with Crippen molar-refractivity contribution in [2.75, 3.05) is 32.8 Å². The maximum Gasteiger partial charge on any atom is 0.329 e. The number of nitrogens with one attached hydrogen (secondary N) is 1. The predicted molar refractivity (Wildman–Crippen MR) is 117 cm³/mol. The molecule has 9 heteroatoms. The van der Waals surface area contributed by atoms with Crippen molar-refractivity contribution in [3.05, 3.63) is 34.2 Å². The van der Waals surface area contributed by atoms with Crippen LogP contribution in [-0.2, 0) is 27.8 Å². The number of imide groups is 1. The largest absolute Gasteiger partial charge is 0.376 e. The van der Waals surface area contributed by atoms with Crippen LogP contribution in [0.3, 0.4) is 0 Å². The fourth-order valence-electron chi connectivity index (χ4n) is 4.65. The van der Waals surface area contributed by atoms with E-state index in [1.165, 1.54) is 4.57 Å². The number of aryl methyl sites for hydroxylation is 2. The number of carbonyl (C=O) groups excluding carboxylic acids is 2. The van der Waals surface area contributed by atoms with Crippen LogP contribution in [0.15, 0.2) is 23.0 Å². The minimum atomic E-state index is -0.650. The van der Waals surface area contributed by atoms with E-state index in [0.29, 0.717) is 13.0 Å². The number of aromatic nitrogens is 2. The number of hydrogen-bond donors (Lipinski definition) is 2. The molecule has 0 saturated carbocycles. The summed E-state index contributed by atoms with van der Waals surface area (Å²) < 4.78 is 8.85. The number of ether oxygens (including phenoxy) is 1. The summed E-state index contributed by atoms with van der Waals surface area (Å²) in [4.78, 5) is 39.1. The van der Waals surface area contributed by atoms with Gasteiger partial charge in [-0.25, -0.2) is 4.79 Å². The summed E-state index contributed by atoms with van der Waals surface area (Å²) in [5.74, 6) is -0.695. The molecule has 2 atom stereocenters. The molecule has 2 aliphatic rings. The van der Waals surface area contributed by atoms with Gasteiger partial charge in [0.1, 0.15) is 6.04 Å². The van der Waals surface area contributed by atoms with Crippen LogP contribution in [0.2, 0.25) is 0 Å². The van der Waals surface area contributed by atoms with Gasteiger partial charge in [-0.1, -0.05) is 6.07 Å². The van der Waals surface area contributed by atoms with Crippen LogP contribution >= 0.6 is 0 Å². The maximum absolute atomic E-state index is 12.9. The van der Waals surface area contributed by atoms with Crippen LogP contribution < -0.4 is 16.7 Å². The number of imidazole rings is 1. The molecule has 1 aromatic heterocycles. The number of morpholine rings is 1. The Kier molecular flexibility index (Phi) is 6.54. The van der Waals surface area contributed by atoms with Crippen LogP contribution in [0.25, 0.3) is 11.0 Å². The first-order chi connectivity index (χ1) is 15.0. The Balaban J connectivity index is 1.45. The number of hydrogen-bond acceptors (Lipinski definition) is 6. The van der Waals surface area contributed by atoms with Gasteiger partial charge in [0.25, 0.3) is 0 Å². The van der Waals surface area contributed by atoms with E-state index in [2.05, 4.69) is 10.2 Å². The third kappa shape index (κ3) is 4.58. The summed E-state index contributed by atoms with van der Waals surface area (Å²) in [6.45, 7) is 4.28. The number of rotatable bonds is 7. The fourth-order valence-corrected chi connectivity index (χ4v) is 4.65. The van der Waals surface area contributed by atoms with E-state index in [-0.39, 0.29) is 24.1 Å². The minimum absolute atomic E-state index is 0.233. The van der Waals surface area contributed by atoms with Gasteiger partial charge in [-0.15, -0.1) is 0 Å². The lowest BCUT2D eigenvalue weighted by Crippen LogP contribution is -2.44. The number of nitrogens with two attached hydrogens (primary N) is 1. The van der Waals surface area contributed by atoms with Crippen molar-refractivity contribution in [1.29, 1.82) is 0 Å². The second-order valence-electron chi connectivity index (χ2n) is 8.48. The third-order valence-electron chi connectivity index (χ3n) is 6.33. The lowest BCUT2D eigenvalue weighted by Gasteiger charge is -2.32. The molecule has 2 saturated heterocycles. The maximum atomic E-state index is 12.9. The van der Waals surface area contributed by atoms with Crippen molar-refractivity contribution in [3.8, 4) is 0 Å². The molecule has 0 aliphatic carbocycles. The van der Waals surface area contributed by atoms with Crippen LogP contribution in [0, 0.1) is 0 Å². The standard InChI is InChI=1S/C22H31N5O4/c1-25-19-13-15(3-2-10-26-11-12-31-16(14-26)8-9-23)4-5-17(19)27(22(25)30)18-6-7-20(28)24-21(18)29/h4-5,13,16,18H,2-3,6-12,14,23H2,1H3,(H,24,28,29)/t16-,18?/m1/s1. The van der Waals surface area contributed by atoms with E-state index in [1.54, 1.807) is 11.6 Å². The second-order valence-corrected chi connectivity index (χ2v) is 8.48. The lowest BCUT2D eigenvalue weighted by molar-refractivity contribution is -0.135. The highest BCUT2D eigenvalue weighted by Gasteiger charge is 2.31. The molecule has 31 heavy (non-hydrogen) atoms. The molecule has 168 valence electrons. The zero-order valence-corrected chi connectivity index (χ0v) is 18.0. The topological polar surface area (TPSA) is 112 Å². The number of fused-ring (bicyclic) bond motifs is 1. The van der Waals surface area contributed by atoms with Crippen molar-refractivity contribution < 1.29 is 14.3 Å². The van der Waals surface area contributed by atoms with Crippen LogP contribution in [0.4, 0.5) is 0 Å². The first-order valence-electron chi connectivity index (χ1n) is 11.1. The lowest BCUT2D eigenvalue weighted by atomic mass is 10.0. The minimum Gasteiger partial charge on any atom is -0.376 e. The quantitative estimate of drug-likeness (QED) is 0.613. The fraction of sp³-hybridized carbons (Fsp3) is 0.591. The van der Waals surface area contributed by atoms with Gasteiger partial charge in [-0.05, 0) is 56.5 Å². The molecule has 2 fully saturated rings. The molecule has 9 nitrogen and oxygen atoms in total. The van der Waals surface area contributed by atoms with Crippen LogP contribution in [0.1, 0.15) is 37.3 Å². The van der Waals surface area contributed by atoms with Crippen molar-refractivity contribution in [3.63, 3.8) is 0 Å². The monoisotopic (exact) mass is 429 g/mol. The molecule has 3 heterocycles. The average Bonchev–Trinajstić information content (AvgIpc) is 2.99. The number of amides is 2. The van der Waals surface area contributed by atoms with Gasteiger partial charge in [0, 0.05) is 26.6 Å². The molecule has 2 amide bonds. The molecule has 2 aliphatic heterocycles. The molecule has 0 radical (unpaired) electrons. The summed E-state index contributed by atoms with van der Waals surface area (Å²) >= 11 is 0. The number of piperidine rings is 1. The Bertz CT molecular complexity index is 1020. The smallest absolute Gasteiger partial charge is 0.329 e.